The lowest BCUT2D eigenvalue weighted by molar-refractivity contribution is -0.138. The Balaban J connectivity index is 2.41. The number of carbonyl (C=O) groups excluding carboxylic acids is 1. The first-order chi connectivity index (χ1) is 8.57. The van der Waals surface area contributed by atoms with Crippen LogP contribution in [0.1, 0.15) is 26.2 Å². The average Bonchev–Trinajstić information content (AvgIpc) is 2.34. The van der Waals surface area contributed by atoms with Gasteiger partial charge in [0.15, 0.2) is 0 Å². The van der Waals surface area contributed by atoms with E-state index in [4.69, 9.17) is 15.6 Å². The molecule has 106 valence electrons. The van der Waals surface area contributed by atoms with Crippen molar-refractivity contribution in [2.45, 2.75) is 32.2 Å². The molecule has 1 rings (SSSR count). The molecule has 0 radical (unpaired) electrons. The summed E-state index contributed by atoms with van der Waals surface area (Å²) in [5, 5.41) is 8.59. The van der Waals surface area contributed by atoms with Crippen molar-refractivity contribution < 1.29 is 14.6 Å². The van der Waals surface area contributed by atoms with Crippen LogP contribution in [-0.4, -0.2) is 55.4 Å². The Bertz CT molecular complexity index is 251. The number of amides is 1. The molecule has 0 saturated heterocycles. The highest BCUT2D eigenvalue weighted by molar-refractivity contribution is 5.79. The minimum Gasteiger partial charge on any atom is -0.394 e. The molecule has 0 spiro atoms. The topological polar surface area (TPSA) is 75.8 Å². The SMILES string of the molecule is CC1CCCC(N)C1C(=O)N(C)CCOCCO. The van der Waals surface area contributed by atoms with Crippen molar-refractivity contribution in [3.05, 3.63) is 0 Å². The number of carbonyl (C=O) groups is 1. The lowest BCUT2D eigenvalue weighted by Gasteiger charge is -2.35. The molecule has 0 aromatic carbocycles. The van der Waals surface area contributed by atoms with Crippen molar-refractivity contribution in [3.8, 4) is 0 Å². The maximum absolute atomic E-state index is 12.3. The third kappa shape index (κ3) is 4.23. The molecular formula is C13H26N2O3. The fourth-order valence-electron chi connectivity index (χ4n) is 2.62. The molecule has 1 fully saturated rings. The number of aliphatic hydroxyl groups is 1. The Hall–Kier alpha value is -0.650. The van der Waals surface area contributed by atoms with E-state index in [2.05, 4.69) is 6.92 Å². The number of ether oxygens (including phenoxy) is 1. The van der Waals surface area contributed by atoms with E-state index in [0.29, 0.717) is 25.7 Å². The summed E-state index contributed by atoms with van der Waals surface area (Å²) in [6.07, 6.45) is 3.14. The fraction of sp³-hybridized carbons (Fsp3) is 0.923. The van der Waals surface area contributed by atoms with Crippen molar-refractivity contribution >= 4 is 5.91 Å². The number of aliphatic hydroxyl groups excluding tert-OH is 1. The first-order valence-electron chi connectivity index (χ1n) is 6.77. The van der Waals surface area contributed by atoms with E-state index >= 15 is 0 Å². The van der Waals surface area contributed by atoms with Gasteiger partial charge in [-0.25, -0.2) is 0 Å². The summed E-state index contributed by atoms with van der Waals surface area (Å²) < 4.78 is 5.17. The number of nitrogens with two attached hydrogens (primary N) is 1. The van der Waals surface area contributed by atoms with Crippen LogP contribution >= 0.6 is 0 Å². The van der Waals surface area contributed by atoms with Gasteiger partial charge in [0.2, 0.25) is 5.91 Å². The summed E-state index contributed by atoms with van der Waals surface area (Å²) in [7, 11) is 1.79. The average molecular weight is 258 g/mol. The summed E-state index contributed by atoms with van der Waals surface area (Å²) >= 11 is 0. The number of hydrogen-bond acceptors (Lipinski definition) is 4. The molecule has 1 saturated carbocycles. The molecule has 0 aromatic heterocycles. The monoisotopic (exact) mass is 258 g/mol. The standard InChI is InChI=1S/C13H26N2O3/c1-10-4-3-5-11(14)12(10)13(17)15(2)6-8-18-9-7-16/h10-12,16H,3-9,14H2,1-2H3. The summed E-state index contributed by atoms with van der Waals surface area (Å²) in [6.45, 7) is 3.45. The van der Waals surface area contributed by atoms with Crippen molar-refractivity contribution in [2.24, 2.45) is 17.6 Å². The van der Waals surface area contributed by atoms with Gasteiger partial charge in [0.25, 0.3) is 0 Å². The number of rotatable bonds is 6. The van der Waals surface area contributed by atoms with Gasteiger partial charge in [-0.3, -0.25) is 4.79 Å². The normalized spacial score (nSPS) is 28.1. The van der Waals surface area contributed by atoms with Gasteiger partial charge >= 0.3 is 0 Å². The van der Waals surface area contributed by atoms with E-state index in [0.717, 1.165) is 19.3 Å². The van der Waals surface area contributed by atoms with Crippen LogP contribution in [0.3, 0.4) is 0 Å². The second-order valence-corrected chi connectivity index (χ2v) is 5.19. The largest absolute Gasteiger partial charge is 0.394 e. The van der Waals surface area contributed by atoms with E-state index in [1.54, 1.807) is 11.9 Å². The summed E-state index contributed by atoms with van der Waals surface area (Å²) in [5.74, 6) is 0.436. The zero-order chi connectivity index (χ0) is 13.5. The van der Waals surface area contributed by atoms with Gasteiger partial charge in [-0.05, 0) is 18.8 Å². The van der Waals surface area contributed by atoms with Crippen LogP contribution in [0.25, 0.3) is 0 Å². The molecule has 5 nitrogen and oxygen atoms in total. The zero-order valence-corrected chi connectivity index (χ0v) is 11.5. The van der Waals surface area contributed by atoms with E-state index in [1.807, 2.05) is 0 Å². The van der Waals surface area contributed by atoms with E-state index in [-0.39, 0.29) is 24.5 Å². The van der Waals surface area contributed by atoms with E-state index < -0.39 is 0 Å². The molecule has 18 heavy (non-hydrogen) atoms. The maximum atomic E-state index is 12.3. The van der Waals surface area contributed by atoms with Crippen LogP contribution < -0.4 is 5.73 Å². The number of nitrogens with zero attached hydrogens (tertiary/aromatic N) is 1. The van der Waals surface area contributed by atoms with Crippen molar-refractivity contribution in [1.82, 2.24) is 4.90 Å². The van der Waals surface area contributed by atoms with Crippen LogP contribution in [0.4, 0.5) is 0 Å². The summed E-state index contributed by atoms with van der Waals surface area (Å²) in [4.78, 5) is 14.0. The Morgan fingerprint density at radius 3 is 2.78 bits per heavy atom. The molecule has 0 bridgehead atoms. The first kappa shape index (κ1) is 15.4. The predicted octanol–water partition coefficient (Wildman–Crippen LogP) is 0.217. The molecule has 3 unspecified atom stereocenters. The molecule has 0 aliphatic heterocycles. The maximum Gasteiger partial charge on any atom is 0.227 e. The minimum atomic E-state index is -0.0541. The molecule has 3 atom stereocenters. The molecular weight excluding hydrogens is 232 g/mol. The van der Waals surface area contributed by atoms with Gasteiger partial charge in [0, 0.05) is 19.6 Å². The number of hydrogen-bond donors (Lipinski definition) is 2. The Morgan fingerprint density at radius 1 is 1.44 bits per heavy atom. The molecule has 1 amide bonds. The van der Waals surface area contributed by atoms with Crippen LogP contribution in [-0.2, 0) is 9.53 Å². The minimum absolute atomic E-state index is 0.0120. The molecule has 0 heterocycles. The third-order valence-electron chi connectivity index (χ3n) is 3.74. The fourth-order valence-corrected chi connectivity index (χ4v) is 2.62. The van der Waals surface area contributed by atoms with Gasteiger partial charge in [0.1, 0.15) is 0 Å². The van der Waals surface area contributed by atoms with Crippen molar-refractivity contribution in [1.29, 1.82) is 0 Å². The highest BCUT2D eigenvalue weighted by Crippen LogP contribution is 2.30. The van der Waals surface area contributed by atoms with Crippen LogP contribution in [0.5, 0.6) is 0 Å². The Labute approximate surface area is 109 Å². The van der Waals surface area contributed by atoms with Crippen LogP contribution in [0.15, 0.2) is 0 Å². The van der Waals surface area contributed by atoms with Gasteiger partial charge < -0.3 is 20.5 Å². The van der Waals surface area contributed by atoms with Gasteiger partial charge in [-0.2, -0.15) is 0 Å². The lowest BCUT2D eigenvalue weighted by atomic mass is 9.76. The molecule has 1 aliphatic carbocycles. The second-order valence-electron chi connectivity index (χ2n) is 5.19. The predicted molar refractivity (Wildman–Crippen MR) is 70.0 cm³/mol. The van der Waals surface area contributed by atoms with Crippen molar-refractivity contribution in [2.75, 3.05) is 33.4 Å². The van der Waals surface area contributed by atoms with Gasteiger partial charge in [-0.15, -0.1) is 0 Å². The second kappa shape index (κ2) is 7.71. The smallest absolute Gasteiger partial charge is 0.227 e. The molecule has 5 heteroatoms. The summed E-state index contributed by atoms with van der Waals surface area (Å²) in [6, 6.07) is -0.0120. The molecule has 3 N–H and O–H groups in total. The van der Waals surface area contributed by atoms with Gasteiger partial charge in [0.05, 0.1) is 25.7 Å². The zero-order valence-electron chi connectivity index (χ0n) is 11.5. The van der Waals surface area contributed by atoms with E-state index in [9.17, 15) is 4.79 Å². The first-order valence-corrected chi connectivity index (χ1v) is 6.77. The highest BCUT2D eigenvalue weighted by atomic mass is 16.5. The third-order valence-corrected chi connectivity index (χ3v) is 3.74. The Kier molecular flexibility index (Phi) is 6.60. The Morgan fingerprint density at radius 2 is 2.17 bits per heavy atom. The van der Waals surface area contributed by atoms with Crippen LogP contribution in [0.2, 0.25) is 0 Å². The summed E-state index contributed by atoms with van der Waals surface area (Å²) in [5.41, 5.74) is 6.07. The number of likely N-dealkylation sites (N-methyl/N-ethyl adjacent to an activating group) is 1. The van der Waals surface area contributed by atoms with Gasteiger partial charge in [-0.1, -0.05) is 13.3 Å². The lowest BCUT2D eigenvalue weighted by Crippen LogP contribution is -2.48. The van der Waals surface area contributed by atoms with Crippen molar-refractivity contribution in [3.63, 3.8) is 0 Å². The highest BCUT2D eigenvalue weighted by Gasteiger charge is 2.35. The molecule has 0 aromatic rings. The van der Waals surface area contributed by atoms with E-state index in [1.165, 1.54) is 0 Å². The van der Waals surface area contributed by atoms with Crippen LogP contribution in [0, 0.1) is 11.8 Å². The quantitative estimate of drug-likeness (QED) is 0.668. The molecule has 1 aliphatic rings.